The summed E-state index contributed by atoms with van der Waals surface area (Å²) in [5.41, 5.74) is 10.0. The third-order valence-corrected chi connectivity index (χ3v) is 0.797. The minimum Gasteiger partial charge on any atom is -0.461 e. The Labute approximate surface area is 64.7 Å². The van der Waals surface area contributed by atoms with E-state index in [1.165, 1.54) is 0 Å². The van der Waals surface area contributed by atoms with Crippen LogP contribution in [0.3, 0.4) is 0 Å². The van der Waals surface area contributed by atoms with E-state index in [4.69, 9.17) is 11.5 Å². The number of guanidine groups is 1. The Kier molecular flexibility index (Phi) is 4.55. The first kappa shape index (κ1) is 9.48. The molecule has 0 aromatic rings. The van der Waals surface area contributed by atoms with Crippen LogP contribution >= 0.6 is 0 Å². The molecule has 0 aliphatic heterocycles. The Hall–Kier alpha value is -1.52. The average Bonchev–Trinajstić information content (AvgIpc) is 1.97. The summed E-state index contributed by atoms with van der Waals surface area (Å²) >= 11 is 0. The maximum atomic E-state index is 10.4. The molecule has 0 atom stereocenters. The summed E-state index contributed by atoms with van der Waals surface area (Å²) in [6.45, 7) is 3.66. The number of nitrogens with two attached hydrogens (primary N) is 2. The number of carbonyl (C=O) groups excluding carboxylic acids is 1. The predicted octanol–water partition coefficient (Wildman–Crippen LogP) is -1.01. The lowest BCUT2D eigenvalue weighted by atomic mass is 10.6. The van der Waals surface area contributed by atoms with E-state index < -0.39 is 5.97 Å². The maximum Gasteiger partial charge on any atom is 0.330 e. The van der Waals surface area contributed by atoms with E-state index in [1.807, 2.05) is 0 Å². The van der Waals surface area contributed by atoms with Crippen LogP contribution in [0.15, 0.2) is 17.6 Å². The minimum absolute atomic E-state index is 0.0142. The first-order valence-electron chi connectivity index (χ1n) is 3.01. The third-order valence-electron chi connectivity index (χ3n) is 0.797. The van der Waals surface area contributed by atoms with Gasteiger partial charge in [-0.15, -0.1) is 0 Å². The number of carbonyl (C=O) groups is 1. The van der Waals surface area contributed by atoms with Gasteiger partial charge in [0.1, 0.15) is 6.61 Å². The van der Waals surface area contributed by atoms with Gasteiger partial charge in [-0.05, 0) is 0 Å². The minimum atomic E-state index is -0.476. The molecule has 0 spiro atoms. The summed E-state index contributed by atoms with van der Waals surface area (Å²) in [4.78, 5) is 14.0. The normalized spacial score (nSPS) is 8.36. The van der Waals surface area contributed by atoms with Crippen LogP contribution in [-0.2, 0) is 9.53 Å². The molecule has 0 aromatic carbocycles. The number of hydrogen-bond donors (Lipinski definition) is 2. The second kappa shape index (κ2) is 5.28. The molecule has 0 fully saturated rings. The first-order chi connectivity index (χ1) is 5.16. The van der Waals surface area contributed by atoms with Gasteiger partial charge in [0.15, 0.2) is 5.96 Å². The molecule has 0 saturated carbocycles. The van der Waals surface area contributed by atoms with Crippen molar-refractivity contribution in [2.75, 3.05) is 13.2 Å². The number of rotatable bonds is 4. The summed E-state index contributed by atoms with van der Waals surface area (Å²) in [7, 11) is 0. The van der Waals surface area contributed by atoms with Gasteiger partial charge in [-0.2, -0.15) is 0 Å². The Morgan fingerprint density at radius 1 is 1.64 bits per heavy atom. The van der Waals surface area contributed by atoms with Crippen LogP contribution in [0.25, 0.3) is 0 Å². The monoisotopic (exact) mass is 157 g/mol. The molecule has 0 aliphatic rings. The molecule has 0 aromatic heterocycles. The molecule has 62 valence electrons. The Bertz CT molecular complexity index is 173. The Morgan fingerprint density at radius 2 is 2.27 bits per heavy atom. The molecule has 0 saturated heterocycles. The molecular formula is C6H11N3O2. The lowest BCUT2D eigenvalue weighted by Gasteiger charge is -1.97. The SMILES string of the molecule is C=CC(=O)OCCN=C(N)N. The molecule has 0 heterocycles. The largest absolute Gasteiger partial charge is 0.461 e. The topological polar surface area (TPSA) is 90.7 Å². The van der Waals surface area contributed by atoms with Gasteiger partial charge in [0.2, 0.25) is 0 Å². The zero-order chi connectivity index (χ0) is 8.69. The highest BCUT2D eigenvalue weighted by Crippen LogP contribution is 1.79. The van der Waals surface area contributed by atoms with Crippen molar-refractivity contribution >= 4 is 11.9 Å². The van der Waals surface area contributed by atoms with Crippen molar-refractivity contribution in [3.8, 4) is 0 Å². The van der Waals surface area contributed by atoms with E-state index in [-0.39, 0.29) is 19.1 Å². The van der Waals surface area contributed by atoms with Gasteiger partial charge in [-0.1, -0.05) is 6.58 Å². The zero-order valence-electron chi connectivity index (χ0n) is 6.12. The highest BCUT2D eigenvalue weighted by Gasteiger charge is 1.92. The summed E-state index contributed by atoms with van der Waals surface area (Å²) in [6.07, 6.45) is 1.08. The number of esters is 1. The summed E-state index contributed by atoms with van der Waals surface area (Å²) < 4.78 is 4.57. The summed E-state index contributed by atoms with van der Waals surface area (Å²) in [5, 5.41) is 0. The van der Waals surface area contributed by atoms with E-state index >= 15 is 0 Å². The second-order valence-corrected chi connectivity index (χ2v) is 1.68. The highest BCUT2D eigenvalue weighted by atomic mass is 16.5. The van der Waals surface area contributed by atoms with E-state index in [2.05, 4.69) is 16.3 Å². The lowest BCUT2D eigenvalue weighted by Crippen LogP contribution is -2.23. The van der Waals surface area contributed by atoms with Crippen LogP contribution in [0.5, 0.6) is 0 Å². The van der Waals surface area contributed by atoms with Crippen molar-refractivity contribution in [2.24, 2.45) is 16.5 Å². The van der Waals surface area contributed by atoms with Gasteiger partial charge in [0.05, 0.1) is 6.54 Å². The van der Waals surface area contributed by atoms with Gasteiger partial charge >= 0.3 is 5.97 Å². The number of aliphatic imine (C=N–C) groups is 1. The molecule has 4 N–H and O–H groups in total. The van der Waals surface area contributed by atoms with Crippen LogP contribution in [-0.4, -0.2) is 25.1 Å². The van der Waals surface area contributed by atoms with Crippen LogP contribution in [0.4, 0.5) is 0 Å². The Balaban J connectivity index is 3.35. The molecule has 0 amide bonds. The fraction of sp³-hybridized carbons (Fsp3) is 0.333. The van der Waals surface area contributed by atoms with Gasteiger partial charge in [-0.3, -0.25) is 4.99 Å². The molecule has 0 rings (SSSR count). The van der Waals surface area contributed by atoms with Gasteiger partial charge < -0.3 is 16.2 Å². The summed E-state index contributed by atoms with van der Waals surface area (Å²) in [6, 6.07) is 0. The molecule has 0 unspecified atom stereocenters. The van der Waals surface area contributed by atoms with Gasteiger partial charge in [0.25, 0.3) is 0 Å². The molecule has 0 bridgehead atoms. The average molecular weight is 157 g/mol. The number of ether oxygens (including phenoxy) is 1. The van der Waals surface area contributed by atoms with E-state index in [0.717, 1.165) is 6.08 Å². The third kappa shape index (κ3) is 6.36. The van der Waals surface area contributed by atoms with Crippen molar-refractivity contribution in [1.82, 2.24) is 0 Å². The van der Waals surface area contributed by atoms with Crippen molar-refractivity contribution in [3.63, 3.8) is 0 Å². The van der Waals surface area contributed by atoms with E-state index in [1.54, 1.807) is 0 Å². The fourth-order valence-electron chi connectivity index (χ4n) is 0.380. The van der Waals surface area contributed by atoms with Gasteiger partial charge in [-0.25, -0.2) is 4.79 Å². The van der Waals surface area contributed by atoms with Crippen molar-refractivity contribution in [3.05, 3.63) is 12.7 Å². The van der Waals surface area contributed by atoms with Crippen LogP contribution < -0.4 is 11.5 Å². The van der Waals surface area contributed by atoms with Crippen molar-refractivity contribution < 1.29 is 9.53 Å². The molecular weight excluding hydrogens is 146 g/mol. The van der Waals surface area contributed by atoms with Crippen LogP contribution in [0.2, 0.25) is 0 Å². The van der Waals surface area contributed by atoms with E-state index in [9.17, 15) is 4.79 Å². The van der Waals surface area contributed by atoms with Crippen molar-refractivity contribution in [2.45, 2.75) is 0 Å². The number of nitrogens with zero attached hydrogens (tertiary/aromatic N) is 1. The molecule has 0 radical (unpaired) electrons. The Morgan fingerprint density at radius 3 is 2.73 bits per heavy atom. The van der Waals surface area contributed by atoms with E-state index in [0.29, 0.717) is 0 Å². The van der Waals surface area contributed by atoms with Gasteiger partial charge in [0, 0.05) is 6.08 Å². The number of hydrogen-bond acceptors (Lipinski definition) is 3. The smallest absolute Gasteiger partial charge is 0.330 e. The zero-order valence-corrected chi connectivity index (χ0v) is 6.12. The second-order valence-electron chi connectivity index (χ2n) is 1.68. The lowest BCUT2D eigenvalue weighted by molar-refractivity contribution is -0.137. The standard InChI is InChI=1S/C6H11N3O2/c1-2-5(10)11-4-3-9-6(7)8/h2H,1,3-4H2,(H4,7,8,9). The molecule has 11 heavy (non-hydrogen) atoms. The highest BCUT2D eigenvalue weighted by molar-refractivity contribution is 5.81. The molecule has 5 heteroatoms. The molecule has 5 nitrogen and oxygen atoms in total. The molecule has 0 aliphatic carbocycles. The quantitative estimate of drug-likeness (QED) is 0.180. The van der Waals surface area contributed by atoms with Crippen LogP contribution in [0.1, 0.15) is 0 Å². The maximum absolute atomic E-state index is 10.4. The summed E-state index contributed by atoms with van der Waals surface area (Å²) in [5.74, 6) is -0.490. The predicted molar refractivity (Wildman–Crippen MR) is 41.8 cm³/mol. The van der Waals surface area contributed by atoms with Crippen molar-refractivity contribution in [1.29, 1.82) is 0 Å². The van der Waals surface area contributed by atoms with Crippen LogP contribution in [0, 0.1) is 0 Å². The fourth-order valence-corrected chi connectivity index (χ4v) is 0.380. The first-order valence-corrected chi connectivity index (χ1v) is 3.01.